The van der Waals surface area contributed by atoms with Crippen molar-refractivity contribution in [3.8, 4) is 11.5 Å². The Labute approximate surface area is 94.8 Å². The predicted molar refractivity (Wildman–Crippen MR) is 62.3 cm³/mol. The first kappa shape index (κ1) is 10.6. The predicted octanol–water partition coefficient (Wildman–Crippen LogP) is 2.77. The van der Waals surface area contributed by atoms with E-state index in [0.717, 1.165) is 11.1 Å². The van der Waals surface area contributed by atoms with Crippen LogP contribution in [0.3, 0.4) is 0 Å². The summed E-state index contributed by atoms with van der Waals surface area (Å²) in [6, 6.07) is 14.0. The highest BCUT2D eigenvalue weighted by Gasteiger charge is 1.97. The van der Waals surface area contributed by atoms with Gasteiger partial charge in [-0.2, -0.15) is 0 Å². The molecule has 0 heterocycles. The molecule has 2 N–H and O–H groups in total. The minimum atomic E-state index is 0.259. The molecule has 0 saturated heterocycles. The Morgan fingerprint density at radius 1 is 0.750 bits per heavy atom. The van der Waals surface area contributed by atoms with Crippen LogP contribution >= 0.6 is 0 Å². The Morgan fingerprint density at radius 2 is 1.25 bits per heavy atom. The maximum atomic E-state index is 9.12. The average Bonchev–Trinajstić information content (AvgIpc) is 2.30. The van der Waals surface area contributed by atoms with Crippen LogP contribution in [0.2, 0.25) is 0 Å². The van der Waals surface area contributed by atoms with Gasteiger partial charge in [0.25, 0.3) is 0 Å². The van der Waals surface area contributed by atoms with Crippen LogP contribution in [0.4, 0.5) is 0 Å². The van der Waals surface area contributed by atoms with Crippen LogP contribution in [0.5, 0.6) is 11.5 Å². The van der Waals surface area contributed by atoms with Gasteiger partial charge in [0.1, 0.15) is 11.5 Å². The van der Waals surface area contributed by atoms with Gasteiger partial charge in [-0.1, -0.05) is 24.3 Å². The van der Waals surface area contributed by atoms with Gasteiger partial charge < -0.3 is 10.2 Å². The highest BCUT2D eigenvalue weighted by Crippen LogP contribution is 2.15. The molecule has 2 aromatic carbocycles. The van der Waals surface area contributed by atoms with Crippen LogP contribution in [0.1, 0.15) is 11.1 Å². The maximum absolute atomic E-state index is 9.12. The van der Waals surface area contributed by atoms with Gasteiger partial charge in [0.15, 0.2) is 0 Å². The third-order valence-corrected chi connectivity index (χ3v) is 2.30. The van der Waals surface area contributed by atoms with E-state index < -0.39 is 0 Å². The summed E-state index contributed by atoms with van der Waals surface area (Å²) in [5.41, 5.74) is 2.04. The Bertz CT molecular complexity index is 398. The smallest absolute Gasteiger partial charge is 0.115 e. The molecule has 80 valence electrons. The van der Waals surface area contributed by atoms with Gasteiger partial charge in [0.05, 0.1) is 0 Å². The maximum Gasteiger partial charge on any atom is 0.115 e. The van der Waals surface area contributed by atoms with Gasteiger partial charge in [-0.05, 0) is 41.8 Å². The van der Waals surface area contributed by atoms with Gasteiger partial charge in [-0.15, -0.1) is 0 Å². The fourth-order valence-electron chi connectivity index (χ4n) is 1.40. The molecule has 0 aromatic heterocycles. The summed E-state index contributed by atoms with van der Waals surface area (Å²) in [5, 5.41) is 18.2. The molecular formula is C14H12O2. The molecule has 0 aliphatic rings. The number of hydrogen-bond acceptors (Lipinski definition) is 2. The van der Waals surface area contributed by atoms with E-state index in [4.69, 9.17) is 10.2 Å². The van der Waals surface area contributed by atoms with Crippen LogP contribution in [0, 0.1) is 6.42 Å². The molecule has 0 bridgehead atoms. The van der Waals surface area contributed by atoms with E-state index >= 15 is 0 Å². The second kappa shape index (κ2) is 4.71. The molecule has 0 fully saturated rings. The third-order valence-electron chi connectivity index (χ3n) is 2.30. The first-order valence-electron chi connectivity index (χ1n) is 5.05. The first-order chi connectivity index (χ1) is 7.74. The Balaban J connectivity index is 1.97. The molecule has 0 atom stereocenters. The molecule has 0 unspecified atom stereocenters. The Morgan fingerprint density at radius 3 is 1.81 bits per heavy atom. The van der Waals surface area contributed by atoms with Crippen LogP contribution in [-0.4, -0.2) is 10.2 Å². The molecule has 0 aliphatic heterocycles. The number of phenolic OH excluding ortho intramolecular Hbond substituents is 2. The molecule has 0 aliphatic carbocycles. The molecule has 2 aromatic rings. The third kappa shape index (κ3) is 2.76. The molecule has 0 amide bonds. The Kier molecular flexibility index (Phi) is 3.10. The molecule has 2 rings (SSSR count). The lowest BCUT2D eigenvalue weighted by Gasteiger charge is -2.01. The normalized spacial score (nSPS) is 10.2. The van der Waals surface area contributed by atoms with Gasteiger partial charge >= 0.3 is 0 Å². The lowest BCUT2D eigenvalue weighted by molar-refractivity contribution is 0.474. The van der Waals surface area contributed by atoms with Gasteiger partial charge in [0.2, 0.25) is 0 Å². The van der Waals surface area contributed by atoms with E-state index in [2.05, 4.69) is 6.42 Å². The van der Waals surface area contributed by atoms with Crippen LogP contribution in [0.25, 0.3) is 0 Å². The highest BCUT2D eigenvalue weighted by molar-refractivity contribution is 5.33. The van der Waals surface area contributed by atoms with Crippen molar-refractivity contribution in [1.82, 2.24) is 0 Å². The fraction of sp³-hybridized carbons (Fsp3) is 0.0714. The van der Waals surface area contributed by atoms with Crippen LogP contribution in [0.15, 0.2) is 48.5 Å². The summed E-state index contributed by atoms with van der Waals surface area (Å²) in [6.07, 6.45) is 3.90. The van der Waals surface area contributed by atoms with Crippen molar-refractivity contribution in [2.75, 3.05) is 0 Å². The van der Waals surface area contributed by atoms with Gasteiger partial charge in [0, 0.05) is 6.42 Å². The summed E-state index contributed by atoms with van der Waals surface area (Å²) in [7, 11) is 0. The average molecular weight is 212 g/mol. The van der Waals surface area contributed by atoms with Crippen molar-refractivity contribution in [3.63, 3.8) is 0 Å². The molecular weight excluding hydrogens is 200 g/mol. The molecule has 2 heteroatoms. The number of hydrogen-bond donors (Lipinski definition) is 2. The molecule has 0 saturated carbocycles. The van der Waals surface area contributed by atoms with Crippen molar-refractivity contribution >= 4 is 0 Å². The zero-order chi connectivity index (χ0) is 11.4. The van der Waals surface area contributed by atoms with E-state index in [0.29, 0.717) is 6.42 Å². The van der Waals surface area contributed by atoms with Crippen molar-refractivity contribution in [2.24, 2.45) is 0 Å². The quantitative estimate of drug-likeness (QED) is 0.821. The highest BCUT2D eigenvalue weighted by atomic mass is 16.3. The summed E-state index contributed by atoms with van der Waals surface area (Å²) in [6.45, 7) is 0. The zero-order valence-electron chi connectivity index (χ0n) is 8.72. The molecule has 2 nitrogen and oxygen atoms in total. The summed E-state index contributed by atoms with van der Waals surface area (Å²) in [5.74, 6) is 0.531. The second-order valence-electron chi connectivity index (χ2n) is 3.57. The molecule has 16 heavy (non-hydrogen) atoms. The monoisotopic (exact) mass is 212 g/mol. The van der Waals surface area contributed by atoms with E-state index in [1.165, 1.54) is 0 Å². The Hall–Kier alpha value is -1.96. The standard InChI is InChI=1S/C14H12O2/c15-13-7-3-11(4-8-13)1-2-12-5-9-14(16)10-6-12/h3-10,15-16H,1H2. The SMILES string of the molecule is Oc1ccc([C]Cc2ccc(O)cc2)cc1. The number of phenols is 2. The summed E-state index contributed by atoms with van der Waals surface area (Å²) < 4.78 is 0. The minimum absolute atomic E-state index is 0.259. The van der Waals surface area contributed by atoms with Gasteiger partial charge in [-0.3, -0.25) is 0 Å². The minimum Gasteiger partial charge on any atom is -0.508 e. The fourth-order valence-corrected chi connectivity index (χ4v) is 1.40. The van der Waals surface area contributed by atoms with Crippen molar-refractivity contribution in [1.29, 1.82) is 0 Å². The largest absolute Gasteiger partial charge is 0.508 e. The van der Waals surface area contributed by atoms with Crippen molar-refractivity contribution in [2.45, 2.75) is 6.42 Å². The number of rotatable bonds is 3. The number of aromatic hydroxyl groups is 2. The topological polar surface area (TPSA) is 40.5 Å². The van der Waals surface area contributed by atoms with Crippen LogP contribution < -0.4 is 0 Å². The second-order valence-corrected chi connectivity index (χ2v) is 3.57. The van der Waals surface area contributed by atoms with Gasteiger partial charge in [-0.25, -0.2) is 0 Å². The zero-order valence-corrected chi connectivity index (χ0v) is 8.72. The summed E-state index contributed by atoms with van der Waals surface area (Å²) in [4.78, 5) is 0. The molecule has 2 radical (unpaired) electrons. The lowest BCUT2D eigenvalue weighted by atomic mass is 10.0. The first-order valence-corrected chi connectivity index (χ1v) is 5.05. The van der Waals surface area contributed by atoms with E-state index in [9.17, 15) is 0 Å². The summed E-state index contributed by atoms with van der Waals surface area (Å²) >= 11 is 0. The van der Waals surface area contributed by atoms with E-state index in [1.807, 2.05) is 24.3 Å². The van der Waals surface area contributed by atoms with E-state index in [-0.39, 0.29) is 11.5 Å². The van der Waals surface area contributed by atoms with E-state index in [1.54, 1.807) is 24.3 Å². The van der Waals surface area contributed by atoms with Crippen molar-refractivity contribution < 1.29 is 10.2 Å². The van der Waals surface area contributed by atoms with Crippen LogP contribution in [-0.2, 0) is 6.42 Å². The molecule has 0 spiro atoms. The number of benzene rings is 2. The lowest BCUT2D eigenvalue weighted by Crippen LogP contribution is -1.87. The van der Waals surface area contributed by atoms with Crippen molar-refractivity contribution in [3.05, 3.63) is 66.1 Å².